The Kier molecular flexibility index (Phi) is 9.53. The number of unbranched alkanes of at least 4 members (excludes halogenated alkanes) is 1. The molecule has 0 spiro atoms. The zero-order valence-electron chi connectivity index (χ0n) is 14.9. The number of benzene rings is 1. The topological polar surface area (TPSA) is 75.4 Å². The van der Waals surface area contributed by atoms with Crippen molar-refractivity contribution in [1.29, 1.82) is 0 Å². The van der Waals surface area contributed by atoms with Gasteiger partial charge in [-0.25, -0.2) is 0 Å². The summed E-state index contributed by atoms with van der Waals surface area (Å²) in [5.74, 6) is 0.251. The number of nitrogens with two attached hydrogens (primary N) is 1. The van der Waals surface area contributed by atoms with Crippen molar-refractivity contribution < 1.29 is 9.59 Å². The summed E-state index contributed by atoms with van der Waals surface area (Å²) in [5, 5.41) is 2.99. The number of nitrogens with one attached hydrogen (secondary N) is 1. The van der Waals surface area contributed by atoms with Crippen LogP contribution in [0.4, 0.5) is 0 Å². The number of carbonyl (C=O) groups excluding carboxylic acids is 2. The van der Waals surface area contributed by atoms with E-state index in [-0.39, 0.29) is 36.2 Å². The van der Waals surface area contributed by atoms with Gasteiger partial charge in [-0.05, 0) is 24.8 Å². The van der Waals surface area contributed by atoms with Gasteiger partial charge in [-0.15, -0.1) is 12.4 Å². The maximum absolute atomic E-state index is 12.4. The quantitative estimate of drug-likeness (QED) is 0.727. The summed E-state index contributed by atoms with van der Waals surface area (Å²) in [6.07, 6.45) is 3.89. The molecule has 1 fully saturated rings. The largest absolute Gasteiger partial charge is 0.356 e. The highest BCUT2D eigenvalue weighted by molar-refractivity contribution is 5.85. The summed E-state index contributed by atoms with van der Waals surface area (Å²) < 4.78 is 0. The van der Waals surface area contributed by atoms with Crippen LogP contribution in [0.2, 0.25) is 0 Å². The Morgan fingerprint density at radius 2 is 1.88 bits per heavy atom. The van der Waals surface area contributed by atoms with Crippen LogP contribution in [0, 0.1) is 5.92 Å². The summed E-state index contributed by atoms with van der Waals surface area (Å²) >= 11 is 0. The fraction of sp³-hybridized carbons (Fsp3) is 0.579. The average Bonchev–Trinajstić information content (AvgIpc) is 2.62. The summed E-state index contributed by atoms with van der Waals surface area (Å²) in [6, 6.07) is 9.43. The van der Waals surface area contributed by atoms with E-state index in [0.717, 1.165) is 37.8 Å². The van der Waals surface area contributed by atoms with E-state index in [1.807, 2.05) is 35.2 Å². The molecule has 0 aliphatic carbocycles. The molecule has 3 N–H and O–H groups in total. The van der Waals surface area contributed by atoms with Crippen molar-refractivity contribution in [3.63, 3.8) is 0 Å². The number of rotatable bonds is 7. The predicted octanol–water partition coefficient (Wildman–Crippen LogP) is 2.65. The van der Waals surface area contributed by atoms with Gasteiger partial charge in [-0.2, -0.15) is 0 Å². The van der Waals surface area contributed by atoms with Gasteiger partial charge in [0.1, 0.15) is 0 Å². The first-order valence-corrected chi connectivity index (χ1v) is 8.97. The van der Waals surface area contributed by atoms with Crippen LogP contribution < -0.4 is 11.1 Å². The van der Waals surface area contributed by atoms with Gasteiger partial charge in [0.05, 0.1) is 0 Å². The van der Waals surface area contributed by atoms with Gasteiger partial charge < -0.3 is 16.0 Å². The van der Waals surface area contributed by atoms with Crippen molar-refractivity contribution in [2.75, 3.05) is 19.6 Å². The van der Waals surface area contributed by atoms with Gasteiger partial charge >= 0.3 is 0 Å². The van der Waals surface area contributed by atoms with Crippen molar-refractivity contribution in [2.45, 2.75) is 45.1 Å². The molecule has 0 aromatic heterocycles. The Morgan fingerprint density at radius 3 is 2.48 bits per heavy atom. The molecule has 2 rings (SSSR count). The first kappa shape index (κ1) is 21.5. The molecule has 1 unspecified atom stereocenters. The lowest BCUT2D eigenvalue weighted by Crippen LogP contribution is -2.43. The van der Waals surface area contributed by atoms with Crippen LogP contribution in [-0.2, 0) is 9.59 Å². The smallest absolute Gasteiger partial charge is 0.224 e. The highest BCUT2D eigenvalue weighted by Crippen LogP contribution is 2.20. The molecule has 0 saturated carbocycles. The molecule has 0 bridgehead atoms. The molecule has 1 atom stereocenters. The van der Waals surface area contributed by atoms with E-state index in [0.29, 0.717) is 19.5 Å². The maximum Gasteiger partial charge on any atom is 0.224 e. The lowest BCUT2D eigenvalue weighted by Gasteiger charge is -2.32. The third-order valence-corrected chi connectivity index (χ3v) is 4.67. The Bertz CT molecular complexity index is 531. The van der Waals surface area contributed by atoms with Crippen molar-refractivity contribution in [1.82, 2.24) is 10.2 Å². The van der Waals surface area contributed by atoms with Crippen LogP contribution in [0.25, 0.3) is 0 Å². The van der Waals surface area contributed by atoms with Gasteiger partial charge in [-0.1, -0.05) is 43.7 Å². The fourth-order valence-electron chi connectivity index (χ4n) is 3.06. The summed E-state index contributed by atoms with van der Waals surface area (Å²) in [7, 11) is 0. The van der Waals surface area contributed by atoms with Crippen LogP contribution in [0.3, 0.4) is 0 Å². The molecule has 140 valence electrons. The minimum absolute atomic E-state index is 0. The molecule has 5 nitrogen and oxygen atoms in total. The monoisotopic (exact) mass is 367 g/mol. The van der Waals surface area contributed by atoms with Gasteiger partial charge in [0.15, 0.2) is 0 Å². The highest BCUT2D eigenvalue weighted by atomic mass is 35.5. The SMILES string of the molecule is CCCCNC(=O)C1CCN(C(=O)CC(N)c2ccccc2)CC1.Cl. The van der Waals surface area contributed by atoms with Gasteiger partial charge in [0.25, 0.3) is 0 Å². The summed E-state index contributed by atoms with van der Waals surface area (Å²) in [6.45, 7) is 4.15. The third kappa shape index (κ3) is 6.67. The van der Waals surface area contributed by atoms with Crippen LogP contribution in [0.15, 0.2) is 30.3 Å². The second-order valence-electron chi connectivity index (χ2n) is 6.52. The van der Waals surface area contributed by atoms with Crippen molar-refractivity contribution in [3.05, 3.63) is 35.9 Å². The molecule has 1 aliphatic heterocycles. The molecule has 1 aromatic carbocycles. The first-order chi connectivity index (χ1) is 11.6. The molecule has 6 heteroatoms. The van der Waals surface area contributed by atoms with Crippen LogP contribution in [-0.4, -0.2) is 36.3 Å². The molecule has 1 aromatic rings. The Hall–Kier alpha value is -1.59. The van der Waals surface area contributed by atoms with E-state index in [1.165, 1.54) is 0 Å². The second kappa shape index (κ2) is 11.1. The lowest BCUT2D eigenvalue weighted by atomic mass is 9.95. The van der Waals surface area contributed by atoms with Crippen LogP contribution >= 0.6 is 12.4 Å². The minimum Gasteiger partial charge on any atom is -0.356 e. The second-order valence-corrected chi connectivity index (χ2v) is 6.52. The average molecular weight is 368 g/mol. The van der Waals surface area contributed by atoms with Crippen LogP contribution in [0.5, 0.6) is 0 Å². The summed E-state index contributed by atoms with van der Waals surface area (Å²) in [5.41, 5.74) is 7.12. The Labute approximate surface area is 156 Å². The Balaban J connectivity index is 0.00000312. The van der Waals surface area contributed by atoms with Crippen molar-refractivity contribution in [2.24, 2.45) is 11.7 Å². The third-order valence-electron chi connectivity index (χ3n) is 4.67. The molecular weight excluding hydrogens is 338 g/mol. The first-order valence-electron chi connectivity index (χ1n) is 8.97. The number of hydrogen-bond donors (Lipinski definition) is 2. The van der Waals surface area contributed by atoms with Gasteiger partial charge in [-0.3, -0.25) is 9.59 Å². The van der Waals surface area contributed by atoms with E-state index in [1.54, 1.807) is 0 Å². The van der Waals surface area contributed by atoms with E-state index in [2.05, 4.69) is 12.2 Å². The molecular formula is C19H30ClN3O2. The highest BCUT2D eigenvalue weighted by Gasteiger charge is 2.27. The fourth-order valence-corrected chi connectivity index (χ4v) is 3.06. The van der Waals surface area contributed by atoms with E-state index in [9.17, 15) is 9.59 Å². The number of halogens is 1. The molecule has 25 heavy (non-hydrogen) atoms. The number of carbonyl (C=O) groups is 2. The van der Waals surface area contributed by atoms with Gasteiger partial charge in [0, 0.05) is 38.0 Å². The minimum atomic E-state index is -0.270. The standard InChI is InChI=1S/C19H29N3O2.ClH/c1-2-3-11-21-19(24)16-9-12-22(13-10-16)18(23)14-17(20)15-7-5-4-6-8-15;/h4-8,16-17H,2-3,9-14,20H2,1H3,(H,21,24);1H. The lowest BCUT2D eigenvalue weighted by molar-refractivity contribution is -0.135. The summed E-state index contributed by atoms with van der Waals surface area (Å²) in [4.78, 5) is 26.3. The number of amides is 2. The molecule has 2 amide bonds. The van der Waals surface area contributed by atoms with E-state index in [4.69, 9.17) is 5.73 Å². The Morgan fingerprint density at radius 1 is 1.24 bits per heavy atom. The number of likely N-dealkylation sites (tertiary alicyclic amines) is 1. The molecule has 0 radical (unpaired) electrons. The zero-order valence-corrected chi connectivity index (χ0v) is 15.8. The number of nitrogens with zero attached hydrogens (tertiary/aromatic N) is 1. The predicted molar refractivity (Wildman–Crippen MR) is 102 cm³/mol. The molecule has 1 saturated heterocycles. The van der Waals surface area contributed by atoms with Crippen LogP contribution in [0.1, 0.15) is 50.6 Å². The van der Waals surface area contributed by atoms with E-state index >= 15 is 0 Å². The van der Waals surface area contributed by atoms with Crippen molar-refractivity contribution in [3.8, 4) is 0 Å². The normalized spacial score (nSPS) is 16.0. The molecule has 1 heterocycles. The van der Waals surface area contributed by atoms with Crippen molar-refractivity contribution >= 4 is 24.2 Å². The van der Waals surface area contributed by atoms with Gasteiger partial charge in [0.2, 0.25) is 11.8 Å². The molecule has 1 aliphatic rings. The number of hydrogen-bond acceptors (Lipinski definition) is 3. The van der Waals surface area contributed by atoms with E-state index < -0.39 is 0 Å². The maximum atomic E-state index is 12.4. The number of piperidine rings is 1. The zero-order chi connectivity index (χ0) is 17.4.